The van der Waals surface area contributed by atoms with Gasteiger partial charge in [-0.15, -0.1) is 0 Å². The first-order chi connectivity index (χ1) is 21.1. The standard InChI is InChI=1S/C27H53N5O13/c1-11-17(36)26(42-10-27(11,2)41)45-23-15(32-24(30)20(39)19(38)18(37)16(35)9-34)7-14(29)22(21(23)40)44-25-13(28)4-3-12(43-25)8-31-5-6-33/h11-23,25-26,31,33-41H,3-10,28-29H2,1-2H3,(H2,30,32)/t11-,12+,13?,14+,15-,16?,17?,18?,19?,20?,21?,22?,23?,25-,26-,27?/m1/s1. The van der Waals surface area contributed by atoms with E-state index in [-0.39, 0.29) is 25.7 Å². The van der Waals surface area contributed by atoms with Crippen LogP contribution < -0.4 is 22.5 Å². The normalized spacial score (nSPS) is 42.6. The molecule has 16 N–H and O–H groups in total. The van der Waals surface area contributed by atoms with E-state index >= 15 is 0 Å². The number of nitrogens with two attached hydrogens (primary N) is 3. The van der Waals surface area contributed by atoms with Crippen LogP contribution in [0.1, 0.15) is 33.1 Å². The maximum absolute atomic E-state index is 11.6. The minimum atomic E-state index is -2.04. The van der Waals surface area contributed by atoms with Crippen LogP contribution in [0.2, 0.25) is 0 Å². The van der Waals surface area contributed by atoms with Crippen LogP contribution in [-0.4, -0.2) is 176 Å². The first-order valence-electron chi connectivity index (χ1n) is 15.3. The predicted octanol–water partition coefficient (Wildman–Crippen LogP) is -6.47. The fourth-order valence-corrected chi connectivity index (χ4v) is 5.67. The molecule has 0 radical (unpaired) electrons. The van der Waals surface area contributed by atoms with Gasteiger partial charge in [-0.3, -0.25) is 4.99 Å². The number of nitrogens with zero attached hydrogens (tertiary/aromatic N) is 1. The number of rotatable bonds is 14. The Balaban J connectivity index is 1.84. The van der Waals surface area contributed by atoms with Crippen LogP contribution in [-0.2, 0) is 18.9 Å². The van der Waals surface area contributed by atoms with Gasteiger partial charge in [-0.1, -0.05) is 6.92 Å². The summed E-state index contributed by atoms with van der Waals surface area (Å²) < 4.78 is 23.8. The first-order valence-corrected chi connectivity index (χ1v) is 15.3. The average Bonchev–Trinajstić information content (AvgIpc) is 3.00. The van der Waals surface area contributed by atoms with Gasteiger partial charge in [-0.2, -0.15) is 0 Å². The zero-order chi connectivity index (χ0) is 33.6. The molecular formula is C27H53N5O13. The summed E-state index contributed by atoms with van der Waals surface area (Å²) >= 11 is 0. The average molecular weight is 656 g/mol. The van der Waals surface area contributed by atoms with Crippen molar-refractivity contribution in [2.45, 2.75) is 124 Å². The van der Waals surface area contributed by atoms with Gasteiger partial charge in [0.15, 0.2) is 12.6 Å². The van der Waals surface area contributed by atoms with E-state index in [0.717, 1.165) is 0 Å². The van der Waals surface area contributed by atoms with Crippen molar-refractivity contribution in [3.05, 3.63) is 0 Å². The lowest BCUT2D eigenvalue weighted by Gasteiger charge is -2.48. The molecule has 18 nitrogen and oxygen atoms in total. The maximum Gasteiger partial charge on any atom is 0.184 e. The van der Waals surface area contributed by atoms with E-state index in [1.807, 2.05) is 0 Å². The van der Waals surface area contributed by atoms with Crippen LogP contribution in [0.3, 0.4) is 0 Å². The largest absolute Gasteiger partial charge is 0.395 e. The molecule has 3 aliphatic rings. The monoisotopic (exact) mass is 655 g/mol. The van der Waals surface area contributed by atoms with Crippen molar-refractivity contribution >= 4 is 5.84 Å². The summed E-state index contributed by atoms with van der Waals surface area (Å²) in [5, 5.41) is 94.7. The van der Waals surface area contributed by atoms with Gasteiger partial charge in [0.2, 0.25) is 0 Å². The van der Waals surface area contributed by atoms with Crippen LogP contribution >= 0.6 is 0 Å². The number of hydrogen-bond acceptors (Lipinski definition) is 17. The topological polar surface area (TPSA) is 321 Å². The molecule has 18 heteroatoms. The summed E-state index contributed by atoms with van der Waals surface area (Å²) in [6, 6.07) is -2.57. The third-order valence-corrected chi connectivity index (χ3v) is 8.91. The molecule has 0 spiro atoms. The lowest BCUT2D eigenvalue weighted by Crippen LogP contribution is -2.65. The second-order valence-electron chi connectivity index (χ2n) is 12.5. The quantitative estimate of drug-likeness (QED) is 0.0470. The highest BCUT2D eigenvalue weighted by atomic mass is 16.7. The Morgan fingerprint density at radius 3 is 2.31 bits per heavy atom. The number of aliphatic hydroxyl groups is 9. The van der Waals surface area contributed by atoms with Gasteiger partial charge >= 0.3 is 0 Å². The second-order valence-corrected chi connectivity index (χ2v) is 12.5. The lowest BCUT2D eigenvalue weighted by molar-refractivity contribution is -0.312. The molecule has 0 bridgehead atoms. The molecule has 10 unspecified atom stereocenters. The Labute approximate surface area is 261 Å². The van der Waals surface area contributed by atoms with E-state index in [1.54, 1.807) is 6.92 Å². The van der Waals surface area contributed by atoms with E-state index in [0.29, 0.717) is 25.9 Å². The van der Waals surface area contributed by atoms with Crippen molar-refractivity contribution in [3.63, 3.8) is 0 Å². The molecule has 45 heavy (non-hydrogen) atoms. The van der Waals surface area contributed by atoms with Gasteiger partial charge in [-0.05, 0) is 26.2 Å². The molecule has 16 atom stereocenters. The molecule has 2 aliphatic heterocycles. The predicted molar refractivity (Wildman–Crippen MR) is 156 cm³/mol. The zero-order valence-corrected chi connectivity index (χ0v) is 25.7. The molecule has 0 aromatic carbocycles. The summed E-state index contributed by atoms with van der Waals surface area (Å²) in [4.78, 5) is 4.23. The molecule has 2 saturated heterocycles. The third kappa shape index (κ3) is 9.47. The lowest BCUT2D eigenvalue weighted by atomic mass is 9.82. The smallest absolute Gasteiger partial charge is 0.184 e. The van der Waals surface area contributed by atoms with Crippen molar-refractivity contribution in [3.8, 4) is 0 Å². The van der Waals surface area contributed by atoms with Crippen molar-refractivity contribution in [1.82, 2.24) is 5.32 Å². The molecule has 0 amide bonds. The van der Waals surface area contributed by atoms with Crippen molar-refractivity contribution < 1.29 is 64.9 Å². The van der Waals surface area contributed by atoms with Crippen molar-refractivity contribution in [2.75, 3.05) is 32.9 Å². The Hall–Kier alpha value is -1.17. The zero-order valence-electron chi connectivity index (χ0n) is 25.7. The SMILES string of the molecule is C[C@@H]1C(O)[C@@H](OC2C(O)C(O[C@H]3O[C@H](CNCCO)CCC3N)[C@@H](N)C[C@H]2N=C(N)C(O)C(O)C(O)C(O)CO)OCC1(C)O. The molecule has 2 heterocycles. The number of ether oxygens (including phenoxy) is 4. The highest BCUT2D eigenvalue weighted by Gasteiger charge is 2.51. The third-order valence-electron chi connectivity index (χ3n) is 8.91. The summed E-state index contributed by atoms with van der Waals surface area (Å²) in [5.41, 5.74) is 17.3. The Morgan fingerprint density at radius 2 is 1.67 bits per heavy atom. The molecule has 3 rings (SSSR count). The van der Waals surface area contributed by atoms with Crippen molar-refractivity contribution in [2.24, 2.45) is 28.1 Å². The molecular weight excluding hydrogens is 602 g/mol. The Morgan fingerprint density at radius 1 is 1.00 bits per heavy atom. The van der Waals surface area contributed by atoms with E-state index in [4.69, 9.17) is 46.4 Å². The fourth-order valence-electron chi connectivity index (χ4n) is 5.67. The summed E-state index contributed by atoms with van der Waals surface area (Å²) in [6.07, 6.45) is -14.6. The Bertz CT molecular complexity index is 938. The number of hydrogen-bond donors (Lipinski definition) is 13. The molecule has 264 valence electrons. The molecule has 1 aliphatic carbocycles. The van der Waals surface area contributed by atoms with Crippen LogP contribution in [0.25, 0.3) is 0 Å². The number of amidine groups is 1. The van der Waals surface area contributed by atoms with Crippen LogP contribution in [0.5, 0.6) is 0 Å². The van der Waals surface area contributed by atoms with E-state index in [2.05, 4.69) is 10.3 Å². The second kappa shape index (κ2) is 16.8. The summed E-state index contributed by atoms with van der Waals surface area (Å²) in [7, 11) is 0. The van der Waals surface area contributed by atoms with E-state index in [9.17, 15) is 35.7 Å². The highest BCUT2D eigenvalue weighted by Crippen LogP contribution is 2.35. The maximum atomic E-state index is 11.6. The molecule has 0 aromatic rings. The van der Waals surface area contributed by atoms with Gasteiger partial charge in [0.05, 0.1) is 43.6 Å². The van der Waals surface area contributed by atoms with Crippen LogP contribution in [0.4, 0.5) is 0 Å². The molecule has 1 saturated carbocycles. The van der Waals surface area contributed by atoms with E-state index in [1.165, 1.54) is 6.92 Å². The first kappa shape index (κ1) is 38.3. The van der Waals surface area contributed by atoms with Gasteiger partial charge in [0.1, 0.15) is 54.7 Å². The minimum absolute atomic E-state index is 0.0399. The number of aliphatic imine (C=N–C) groups is 1. The van der Waals surface area contributed by atoms with E-state index < -0.39 is 103 Å². The van der Waals surface area contributed by atoms with Gasteiger partial charge in [0, 0.05) is 25.0 Å². The summed E-state index contributed by atoms with van der Waals surface area (Å²) in [6.45, 7) is 2.79. The minimum Gasteiger partial charge on any atom is -0.395 e. The molecule has 0 aromatic heterocycles. The van der Waals surface area contributed by atoms with Crippen LogP contribution in [0.15, 0.2) is 4.99 Å². The summed E-state index contributed by atoms with van der Waals surface area (Å²) in [5.74, 6) is -1.29. The van der Waals surface area contributed by atoms with Gasteiger partial charge in [-0.25, -0.2) is 0 Å². The van der Waals surface area contributed by atoms with Crippen molar-refractivity contribution in [1.29, 1.82) is 0 Å². The van der Waals surface area contributed by atoms with Crippen LogP contribution in [0, 0.1) is 5.92 Å². The number of aliphatic hydroxyl groups excluding tert-OH is 8. The fraction of sp³-hybridized carbons (Fsp3) is 0.963. The highest BCUT2D eigenvalue weighted by molar-refractivity contribution is 5.85. The van der Waals surface area contributed by atoms with Gasteiger partial charge in [0.25, 0.3) is 0 Å². The Kier molecular flexibility index (Phi) is 14.3. The van der Waals surface area contributed by atoms with Gasteiger partial charge < -0.3 is 87.4 Å². The molecule has 3 fully saturated rings. The number of nitrogens with one attached hydrogen (secondary N) is 1.